The molecule has 1 atom stereocenters. The molecule has 0 radical (unpaired) electrons. The highest BCUT2D eigenvalue weighted by Gasteiger charge is 2.31. The molecule has 0 aromatic heterocycles. The van der Waals surface area contributed by atoms with Crippen LogP contribution in [0, 0.1) is 11.3 Å². The summed E-state index contributed by atoms with van der Waals surface area (Å²) in [6, 6.07) is 14.1. The first-order valence-corrected chi connectivity index (χ1v) is 10.7. The summed E-state index contributed by atoms with van der Waals surface area (Å²) >= 11 is 17.3. The predicted octanol–water partition coefficient (Wildman–Crippen LogP) is 5.11. The number of allylic oxidation sites excluding steroid dienone is 4. The summed E-state index contributed by atoms with van der Waals surface area (Å²) in [5.74, 6) is -0.751. The van der Waals surface area contributed by atoms with Crippen LogP contribution in [-0.4, -0.2) is 29.8 Å². The Kier molecular flexibility index (Phi) is 7.80. The van der Waals surface area contributed by atoms with Crippen molar-refractivity contribution in [3.8, 4) is 0 Å². The SMILES string of the molecule is COC(=O)NC(=S)NC1=CC=C(C(=O)c2ccccc2)C(Cc2ccc(Cl)c(Cl)c2)C1=N. The number of carbonyl (C=O) groups is 2. The smallest absolute Gasteiger partial charge is 0.413 e. The number of carbonyl (C=O) groups excluding carboxylic acids is 2. The lowest BCUT2D eigenvalue weighted by atomic mass is 9.80. The number of hydrogen-bond acceptors (Lipinski definition) is 5. The third-order valence-corrected chi connectivity index (χ3v) is 5.76. The van der Waals surface area contributed by atoms with Gasteiger partial charge in [0.25, 0.3) is 0 Å². The third-order valence-electron chi connectivity index (χ3n) is 4.81. The Balaban J connectivity index is 1.93. The summed E-state index contributed by atoms with van der Waals surface area (Å²) in [5, 5.41) is 14.7. The quantitative estimate of drug-likeness (QED) is 0.402. The average molecular weight is 488 g/mol. The Hall–Kier alpha value is -3.00. The van der Waals surface area contributed by atoms with E-state index in [1.807, 2.05) is 6.07 Å². The van der Waals surface area contributed by atoms with Gasteiger partial charge in [-0.1, -0.05) is 65.7 Å². The van der Waals surface area contributed by atoms with Crippen molar-refractivity contribution < 1.29 is 14.3 Å². The van der Waals surface area contributed by atoms with Crippen molar-refractivity contribution in [2.45, 2.75) is 6.42 Å². The molecule has 0 saturated carbocycles. The fraction of sp³-hybridized carbons (Fsp3) is 0.130. The number of ketones is 1. The Bertz CT molecular complexity index is 1150. The summed E-state index contributed by atoms with van der Waals surface area (Å²) in [5.41, 5.74) is 2.31. The predicted molar refractivity (Wildman–Crippen MR) is 130 cm³/mol. The summed E-state index contributed by atoms with van der Waals surface area (Å²) in [6.07, 6.45) is 2.87. The number of ether oxygens (including phenoxy) is 1. The van der Waals surface area contributed by atoms with Crippen LogP contribution in [0.25, 0.3) is 0 Å². The van der Waals surface area contributed by atoms with Crippen LogP contribution < -0.4 is 10.6 Å². The number of methoxy groups -OCH3 is 1. The maximum atomic E-state index is 13.2. The Morgan fingerprint density at radius 2 is 1.81 bits per heavy atom. The van der Waals surface area contributed by atoms with Gasteiger partial charge in [0.15, 0.2) is 10.9 Å². The van der Waals surface area contributed by atoms with E-state index in [-0.39, 0.29) is 16.6 Å². The van der Waals surface area contributed by atoms with Gasteiger partial charge in [-0.2, -0.15) is 0 Å². The molecule has 9 heteroatoms. The van der Waals surface area contributed by atoms with Crippen molar-refractivity contribution >= 4 is 58.1 Å². The van der Waals surface area contributed by atoms with E-state index in [1.165, 1.54) is 7.11 Å². The number of hydrogen-bond donors (Lipinski definition) is 3. The molecule has 164 valence electrons. The lowest BCUT2D eigenvalue weighted by molar-refractivity contribution is 0.102. The maximum Gasteiger partial charge on any atom is 0.413 e. The van der Waals surface area contributed by atoms with Crippen LogP contribution in [0.4, 0.5) is 4.79 Å². The van der Waals surface area contributed by atoms with E-state index in [2.05, 4.69) is 15.4 Å². The fourth-order valence-electron chi connectivity index (χ4n) is 3.23. The fourth-order valence-corrected chi connectivity index (χ4v) is 3.75. The van der Waals surface area contributed by atoms with Gasteiger partial charge in [0, 0.05) is 17.1 Å². The first-order chi connectivity index (χ1) is 15.3. The zero-order valence-corrected chi connectivity index (χ0v) is 19.3. The van der Waals surface area contributed by atoms with Crippen LogP contribution in [0.15, 0.2) is 72.0 Å². The number of thiocarbonyl (C=S) groups is 1. The molecular formula is C23H19Cl2N3O3S. The maximum absolute atomic E-state index is 13.2. The summed E-state index contributed by atoms with van der Waals surface area (Å²) in [7, 11) is 1.22. The van der Waals surface area contributed by atoms with Gasteiger partial charge in [-0.15, -0.1) is 0 Å². The molecule has 0 heterocycles. The lowest BCUT2D eigenvalue weighted by Gasteiger charge is -2.26. The number of amides is 1. The second kappa shape index (κ2) is 10.5. The molecule has 1 aliphatic carbocycles. The van der Waals surface area contributed by atoms with E-state index in [0.29, 0.717) is 33.3 Å². The molecule has 3 rings (SSSR count). The topological polar surface area (TPSA) is 91.3 Å². The Morgan fingerprint density at radius 1 is 1.09 bits per heavy atom. The molecule has 1 aliphatic rings. The van der Waals surface area contributed by atoms with Crippen LogP contribution >= 0.6 is 35.4 Å². The Labute approximate surface area is 200 Å². The van der Waals surface area contributed by atoms with Gasteiger partial charge < -0.3 is 15.5 Å². The van der Waals surface area contributed by atoms with Gasteiger partial charge in [-0.3, -0.25) is 10.1 Å². The minimum atomic E-state index is -0.728. The van der Waals surface area contributed by atoms with E-state index in [9.17, 15) is 9.59 Å². The minimum absolute atomic E-state index is 0.0210. The summed E-state index contributed by atoms with van der Waals surface area (Å²) in [6.45, 7) is 0. The lowest BCUT2D eigenvalue weighted by Crippen LogP contribution is -2.42. The van der Waals surface area contributed by atoms with Crippen LogP contribution in [-0.2, 0) is 11.2 Å². The molecule has 0 bridgehead atoms. The minimum Gasteiger partial charge on any atom is -0.453 e. The van der Waals surface area contributed by atoms with Crippen molar-refractivity contribution in [3.05, 3.63) is 93.1 Å². The molecular weight excluding hydrogens is 469 g/mol. The molecule has 1 amide bonds. The molecule has 1 unspecified atom stereocenters. The van der Waals surface area contributed by atoms with Gasteiger partial charge in [0.2, 0.25) is 0 Å². The molecule has 2 aromatic rings. The molecule has 0 spiro atoms. The number of benzene rings is 2. The first kappa shape index (κ1) is 23.7. The second-order valence-electron chi connectivity index (χ2n) is 6.89. The van der Waals surface area contributed by atoms with E-state index >= 15 is 0 Å². The van der Waals surface area contributed by atoms with Crippen molar-refractivity contribution in [1.82, 2.24) is 10.6 Å². The molecule has 0 saturated heterocycles. The highest BCUT2D eigenvalue weighted by atomic mass is 35.5. The van der Waals surface area contributed by atoms with Crippen molar-refractivity contribution in [2.24, 2.45) is 5.92 Å². The highest BCUT2D eigenvalue weighted by Crippen LogP contribution is 2.30. The number of Topliss-reactive ketones (excluding diaryl/α,β-unsaturated/α-hetero) is 1. The monoisotopic (exact) mass is 487 g/mol. The van der Waals surface area contributed by atoms with Crippen molar-refractivity contribution in [2.75, 3.05) is 7.11 Å². The third kappa shape index (κ3) is 5.62. The van der Waals surface area contributed by atoms with Gasteiger partial charge >= 0.3 is 6.09 Å². The standard InChI is InChI=1S/C23H19Cl2N3O3S/c1-31-23(30)28-22(32)27-19-10-8-15(21(29)14-5-3-2-4-6-14)16(20(19)26)11-13-7-9-17(24)18(25)12-13/h2-10,12,16,26H,11H2,1H3,(H2,27,28,30,32). The normalized spacial score (nSPS) is 15.3. The zero-order valence-electron chi connectivity index (χ0n) is 16.9. The highest BCUT2D eigenvalue weighted by molar-refractivity contribution is 7.80. The van der Waals surface area contributed by atoms with E-state index in [4.69, 9.17) is 40.8 Å². The van der Waals surface area contributed by atoms with Crippen LogP contribution in [0.1, 0.15) is 15.9 Å². The van der Waals surface area contributed by atoms with E-state index in [0.717, 1.165) is 5.56 Å². The molecule has 0 fully saturated rings. The number of halogens is 2. The van der Waals surface area contributed by atoms with Crippen LogP contribution in [0.2, 0.25) is 10.0 Å². The van der Waals surface area contributed by atoms with Gasteiger partial charge in [0.05, 0.1) is 28.6 Å². The number of alkyl carbamates (subject to hydrolysis) is 1. The number of rotatable bonds is 5. The van der Waals surface area contributed by atoms with Crippen molar-refractivity contribution in [1.29, 1.82) is 5.41 Å². The molecule has 0 aliphatic heterocycles. The molecule has 6 nitrogen and oxygen atoms in total. The summed E-state index contributed by atoms with van der Waals surface area (Å²) < 4.78 is 4.52. The van der Waals surface area contributed by atoms with Gasteiger partial charge in [-0.05, 0) is 42.4 Å². The van der Waals surface area contributed by atoms with Gasteiger partial charge in [-0.25, -0.2) is 4.79 Å². The Morgan fingerprint density at radius 3 is 2.47 bits per heavy atom. The largest absolute Gasteiger partial charge is 0.453 e. The average Bonchev–Trinajstić information content (AvgIpc) is 2.79. The van der Waals surface area contributed by atoms with Crippen LogP contribution in [0.3, 0.4) is 0 Å². The zero-order chi connectivity index (χ0) is 23.3. The first-order valence-electron chi connectivity index (χ1n) is 9.50. The van der Waals surface area contributed by atoms with E-state index < -0.39 is 12.0 Å². The summed E-state index contributed by atoms with van der Waals surface area (Å²) in [4.78, 5) is 24.6. The second-order valence-corrected chi connectivity index (χ2v) is 8.11. The molecule has 32 heavy (non-hydrogen) atoms. The van der Waals surface area contributed by atoms with E-state index in [1.54, 1.807) is 54.6 Å². The van der Waals surface area contributed by atoms with Crippen molar-refractivity contribution in [3.63, 3.8) is 0 Å². The van der Waals surface area contributed by atoms with Gasteiger partial charge in [0.1, 0.15) is 0 Å². The molecule has 2 aromatic carbocycles. The molecule has 3 N–H and O–H groups in total. The van der Waals surface area contributed by atoms with Crippen LogP contribution in [0.5, 0.6) is 0 Å². The number of nitrogens with one attached hydrogen (secondary N) is 3.